The van der Waals surface area contributed by atoms with E-state index in [2.05, 4.69) is 21.3 Å². The number of rotatable bonds is 2. The van der Waals surface area contributed by atoms with Crippen LogP contribution in [0.4, 0.5) is 0 Å². The second kappa shape index (κ2) is 4.94. The molecular weight excluding hydrogens is 276 g/mol. The molecule has 1 aliphatic rings. The molecular formula is C13H11ClN6. The molecule has 2 aromatic heterocycles. The molecule has 20 heavy (non-hydrogen) atoms. The van der Waals surface area contributed by atoms with Crippen molar-refractivity contribution in [2.75, 3.05) is 12.4 Å². The van der Waals surface area contributed by atoms with Gasteiger partial charge in [-0.2, -0.15) is 15.5 Å². The van der Waals surface area contributed by atoms with E-state index in [-0.39, 0.29) is 0 Å². The molecule has 0 amide bonds. The summed E-state index contributed by atoms with van der Waals surface area (Å²) in [6.45, 7) is 2.54. The number of halogens is 1. The van der Waals surface area contributed by atoms with E-state index >= 15 is 0 Å². The Kier molecular flexibility index (Phi) is 3.12. The Morgan fingerprint density at radius 3 is 3.00 bits per heavy atom. The normalized spacial score (nSPS) is 13.8. The molecule has 0 saturated carbocycles. The maximum absolute atomic E-state index is 9.04. The largest absolute Gasteiger partial charge is 0.271 e. The molecule has 0 atom stereocenters. The number of alkyl halides is 1. The minimum absolute atomic E-state index is 0.456. The number of hydrogen-bond acceptors (Lipinski definition) is 5. The van der Waals surface area contributed by atoms with E-state index in [1.54, 1.807) is 15.7 Å². The van der Waals surface area contributed by atoms with Gasteiger partial charge in [0.2, 0.25) is 0 Å². The molecule has 0 unspecified atom stereocenters. The van der Waals surface area contributed by atoms with Crippen LogP contribution in [0.5, 0.6) is 0 Å². The van der Waals surface area contributed by atoms with Crippen molar-refractivity contribution in [2.24, 2.45) is 5.10 Å². The first-order valence-corrected chi connectivity index (χ1v) is 6.61. The van der Waals surface area contributed by atoms with Crippen molar-refractivity contribution in [2.45, 2.75) is 6.92 Å². The van der Waals surface area contributed by atoms with Crippen LogP contribution in [0, 0.1) is 11.3 Å². The van der Waals surface area contributed by atoms with E-state index in [4.69, 9.17) is 16.9 Å². The van der Waals surface area contributed by atoms with Crippen LogP contribution in [-0.2, 0) is 0 Å². The molecule has 0 spiro atoms. The molecule has 0 radical (unpaired) electrons. The number of hydrogen-bond donors (Lipinski definition) is 0. The number of hydrazone groups is 1. The molecule has 3 heterocycles. The second-order valence-electron chi connectivity index (χ2n) is 4.32. The van der Waals surface area contributed by atoms with Crippen molar-refractivity contribution in [1.29, 1.82) is 5.26 Å². The smallest absolute Gasteiger partial charge is 0.173 e. The van der Waals surface area contributed by atoms with Gasteiger partial charge in [0.25, 0.3) is 0 Å². The number of nitriles is 1. The molecule has 0 aromatic carbocycles. The molecule has 0 saturated heterocycles. The Hall–Kier alpha value is -2.39. The molecule has 0 bridgehead atoms. The highest BCUT2D eigenvalue weighted by Gasteiger charge is 2.16. The Balaban J connectivity index is 2.21. The summed E-state index contributed by atoms with van der Waals surface area (Å²) in [4.78, 5) is 4.31. The SMILES string of the molecule is CC1=NN(CCCl)C=Cc2c1cnc1c(C#N)cnn21. The Bertz CT molecular complexity index is 767. The topological polar surface area (TPSA) is 69.6 Å². The third-order valence-corrected chi connectivity index (χ3v) is 3.24. The van der Waals surface area contributed by atoms with Crippen molar-refractivity contribution in [3.63, 3.8) is 0 Å². The quantitative estimate of drug-likeness (QED) is 0.790. The summed E-state index contributed by atoms with van der Waals surface area (Å²) >= 11 is 5.75. The Morgan fingerprint density at radius 2 is 2.25 bits per heavy atom. The van der Waals surface area contributed by atoms with Crippen molar-refractivity contribution in [3.8, 4) is 6.07 Å². The number of aromatic nitrogens is 3. The monoisotopic (exact) mass is 286 g/mol. The van der Waals surface area contributed by atoms with Crippen LogP contribution in [0.3, 0.4) is 0 Å². The van der Waals surface area contributed by atoms with Crippen LogP contribution in [-0.4, -0.2) is 37.7 Å². The molecule has 7 heteroatoms. The molecule has 0 aliphatic carbocycles. The van der Waals surface area contributed by atoms with Gasteiger partial charge in [-0.05, 0) is 13.0 Å². The van der Waals surface area contributed by atoms with Gasteiger partial charge in [0.15, 0.2) is 5.65 Å². The predicted octanol–water partition coefficient (Wildman–Crippen LogP) is 1.85. The van der Waals surface area contributed by atoms with E-state index < -0.39 is 0 Å². The minimum Gasteiger partial charge on any atom is -0.271 e. The fraction of sp³-hybridized carbons (Fsp3) is 0.231. The van der Waals surface area contributed by atoms with Gasteiger partial charge in [0.1, 0.15) is 11.6 Å². The average molecular weight is 287 g/mol. The maximum Gasteiger partial charge on any atom is 0.173 e. The molecule has 100 valence electrons. The van der Waals surface area contributed by atoms with Gasteiger partial charge in [-0.25, -0.2) is 9.50 Å². The van der Waals surface area contributed by atoms with Gasteiger partial charge >= 0.3 is 0 Å². The van der Waals surface area contributed by atoms with Gasteiger partial charge < -0.3 is 0 Å². The van der Waals surface area contributed by atoms with Crippen LogP contribution in [0.1, 0.15) is 23.7 Å². The lowest BCUT2D eigenvalue weighted by Gasteiger charge is -2.11. The van der Waals surface area contributed by atoms with E-state index in [1.807, 2.05) is 19.2 Å². The van der Waals surface area contributed by atoms with E-state index in [1.165, 1.54) is 6.20 Å². The first-order chi connectivity index (χ1) is 9.74. The zero-order chi connectivity index (χ0) is 14.1. The average Bonchev–Trinajstić information content (AvgIpc) is 2.80. The highest BCUT2D eigenvalue weighted by Crippen LogP contribution is 2.19. The zero-order valence-electron chi connectivity index (χ0n) is 10.8. The lowest BCUT2D eigenvalue weighted by molar-refractivity contribution is 0.428. The second-order valence-corrected chi connectivity index (χ2v) is 4.69. The van der Waals surface area contributed by atoms with E-state index in [0.29, 0.717) is 23.6 Å². The fourth-order valence-electron chi connectivity index (χ4n) is 2.11. The Labute approximate surface area is 120 Å². The van der Waals surface area contributed by atoms with Crippen molar-refractivity contribution in [1.82, 2.24) is 19.6 Å². The summed E-state index contributed by atoms with van der Waals surface area (Å²) < 4.78 is 1.66. The first kappa shape index (κ1) is 12.6. The minimum atomic E-state index is 0.456. The van der Waals surface area contributed by atoms with Gasteiger partial charge in [-0.15, -0.1) is 11.6 Å². The van der Waals surface area contributed by atoms with Crippen molar-refractivity contribution < 1.29 is 0 Å². The third kappa shape index (κ3) is 1.92. The fourth-order valence-corrected chi connectivity index (χ4v) is 2.29. The number of fused-ring (bicyclic) bond motifs is 3. The molecule has 0 N–H and O–H groups in total. The van der Waals surface area contributed by atoms with Crippen molar-refractivity contribution >= 4 is 29.0 Å². The highest BCUT2D eigenvalue weighted by atomic mass is 35.5. The standard InChI is InChI=1S/C13H11ClN6/c1-9-11-8-16-13-10(6-15)7-17-20(13)12(11)2-4-19(18-9)5-3-14/h2,4,7-8H,3,5H2,1H3. The van der Waals surface area contributed by atoms with E-state index in [9.17, 15) is 0 Å². The molecule has 3 rings (SSSR count). The van der Waals surface area contributed by atoms with E-state index in [0.717, 1.165) is 17.0 Å². The summed E-state index contributed by atoms with van der Waals surface area (Å²) in [6.07, 6.45) is 7.00. The van der Waals surface area contributed by atoms with Gasteiger partial charge in [-0.1, -0.05) is 0 Å². The summed E-state index contributed by atoms with van der Waals surface area (Å²) in [7, 11) is 0. The third-order valence-electron chi connectivity index (χ3n) is 3.07. The van der Waals surface area contributed by atoms with Crippen LogP contribution >= 0.6 is 11.6 Å². The van der Waals surface area contributed by atoms with Crippen LogP contribution in [0.2, 0.25) is 0 Å². The molecule has 6 nitrogen and oxygen atoms in total. The van der Waals surface area contributed by atoms with Gasteiger partial charge in [-0.3, -0.25) is 5.01 Å². The lowest BCUT2D eigenvalue weighted by atomic mass is 10.1. The molecule has 1 aliphatic heterocycles. The summed E-state index contributed by atoms with van der Waals surface area (Å²) in [5.41, 5.74) is 3.58. The van der Waals surface area contributed by atoms with Gasteiger partial charge in [0, 0.05) is 23.8 Å². The number of nitrogens with zero attached hydrogens (tertiary/aromatic N) is 6. The molecule has 0 fully saturated rings. The zero-order valence-corrected chi connectivity index (χ0v) is 11.5. The Morgan fingerprint density at radius 1 is 1.40 bits per heavy atom. The van der Waals surface area contributed by atoms with Gasteiger partial charge in [0.05, 0.1) is 24.1 Å². The summed E-state index contributed by atoms with van der Waals surface area (Å²) in [5.74, 6) is 0.492. The van der Waals surface area contributed by atoms with Crippen LogP contribution in [0.15, 0.2) is 23.7 Å². The van der Waals surface area contributed by atoms with Crippen LogP contribution in [0.25, 0.3) is 11.7 Å². The van der Waals surface area contributed by atoms with Crippen molar-refractivity contribution in [3.05, 3.63) is 35.4 Å². The predicted molar refractivity (Wildman–Crippen MR) is 76.4 cm³/mol. The van der Waals surface area contributed by atoms with Crippen LogP contribution < -0.4 is 0 Å². The first-order valence-electron chi connectivity index (χ1n) is 6.08. The summed E-state index contributed by atoms with van der Waals surface area (Å²) in [5, 5.41) is 19.5. The summed E-state index contributed by atoms with van der Waals surface area (Å²) in [6, 6.07) is 2.08. The highest BCUT2D eigenvalue weighted by molar-refractivity contribution is 6.18. The molecule has 2 aromatic rings. The maximum atomic E-state index is 9.04. The lowest BCUT2D eigenvalue weighted by Crippen LogP contribution is -2.14.